The smallest absolute Gasteiger partial charge is 0.222 e. The predicted octanol–water partition coefficient (Wildman–Crippen LogP) is 20.6. The molecule has 0 saturated carbocycles. The van der Waals surface area contributed by atoms with Crippen LogP contribution in [-0.2, 0) is 0 Å². The van der Waals surface area contributed by atoms with Gasteiger partial charge in [-0.15, -0.1) is 0 Å². The van der Waals surface area contributed by atoms with Crippen LogP contribution in [0.5, 0.6) is 0 Å². The average Bonchev–Trinajstić information content (AvgIpc) is 1.35. The molecule has 0 atom stereocenters. The first-order chi connectivity index (χ1) is 50.7. The molecule has 438 valence electrons. The fourth-order valence-electron chi connectivity index (χ4n) is 11.2. The van der Waals surface area contributed by atoms with E-state index in [9.17, 15) is 8.78 Å². The summed E-state index contributed by atoms with van der Waals surface area (Å²) in [6.45, 7) is 15.7. The van der Waals surface area contributed by atoms with Crippen molar-refractivity contribution >= 4 is 76.8 Å². The van der Waals surface area contributed by atoms with E-state index in [1.165, 1.54) is 36.4 Å². The summed E-state index contributed by atoms with van der Waals surface area (Å²) in [5.41, 5.74) is 6.60. The van der Waals surface area contributed by atoms with E-state index >= 15 is 0 Å². The van der Waals surface area contributed by atoms with Crippen LogP contribution in [0.15, 0.2) is 291 Å². The molecule has 0 unspecified atom stereocenters. The topological polar surface area (TPSA) is 112 Å². The third kappa shape index (κ3) is 10.7. The van der Waals surface area contributed by atoms with Gasteiger partial charge in [-0.25, -0.2) is 48.4 Å². The maximum Gasteiger partial charge on any atom is 0.222 e. The Hall–Kier alpha value is -13.1. The Labute approximate surface area is 549 Å². The molecule has 5 aromatic heterocycles. The van der Waals surface area contributed by atoms with Crippen molar-refractivity contribution in [1.82, 2.24) is 44.0 Å². The second-order valence-electron chi connectivity index (χ2n) is 21.0. The third-order valence-electron chi connectivity index (χ3n) is 15.4. The zero-order chi connectivity index (χ0) is 73.2. The van der Waals surface area contributed by atoms with Gasteiger partial charge in [-0.3, -0.25) is 0 Å². The Kier molecular flexibility index (Phi) is 11.7. The second kappa shape index (κ2) is 24.5. The summed E-state index contributed by atoms with van der Waals surface area (Å²) in [4.78, 5) is 38.4. The highest BCUT2D eigenvalue weighted by Crippen LogP contribution is 2.43. The SMILES string of the molecule is [2H]c1cc([2H])c2c(c1)[nH]c1cc([2H])cc([2H])c12.[2H]c1cc([2H])c2c3c([2H])cc([2H])cc3n(-c3cc(-n4c5cc([2H])cc([2H])c5c5c([2H])cc([2H])cc54)c(-c4nc(-c5ccccc5)nc(-c5ccccc5)n4)cc3[N+]#[C-])c2c1.[C-]#[N+]c1cc(-c2nc(-c3ccccc3)nc(-c3ccccc3)n2)c(F)cc1F. The summed E-state index contributed by atoms with van der Waals surface area (Å²) in [6.07, 6.45) is 0. The summed E-state index contributed by atoms with van der Waals surface area (Å²) in [7, 11) is 0. The van der Waals surface area contributed by atoms with Gasteiger partial charge >= 0.3 is 0 Å². The van der Waals surface area contributed by atoms with Crippen LogP contribution in [0.4, 0.5) is 20.2 Å². The molecule has 1 N–H and O–H groups in total. The predicted molar refractivity (Wildman–Crippen MR) is 369 cm³/mol. The summed E-state index contributed by atoms with van der Waals surface area (Å²) < 4.78 is 133. The monoisotopic (exact) mass is 1210 g/mol. The number of fused-ring (bicyclic) bond motifs is 9. The molecule has 0 bridgehead atoms. The van der Waals surface area contributed by atoms with Crippen molar-refractivity contribution < 1.29 is 25.2 Å². The molecule has 0 saturated heterocycles. The minimum Gasteiger partial charge on any atom is -0.355 e. The molecule has 13 heteroatoms. The average molecular weight is 1210 g/mol. The van der Waals surface area contributed by atoms with Gasteiger partial charge in [-0.1, -0.05) is 230 Å². The van der Waals surface area contributed by atoms with Crippen LogP contribution >= 0.6 is 0 Å². The van der Waals surface area contributed by atoms with E-state index < -0.39 is 11.6 Å². The largest absolute Gasteiger partial charge is 0.355 e. The summed E-state index contributed by atoms with van der Waals surface area (Å²) in [5, 5.41) is 2.87. The number of rotatable bonds is 8. The Morgan fingerprint density at radius 3 is 1.02 bits per heavy atom. The van der Waals surface area contributed by atoms with E-state index in [4.69, 9.17) is 44.5 Å². The van der Waals surface area contributed by atoms with Gasteiger partial charge in [0.25, 0.3) is 0 Å². The van der Waals surface area contributed by atoms with Gasteiger partial charge in [0.1, 0.15) is 11.6 Å². The summed E-state index contributed by atoms with van der Waals surface area (Å²) in [6, 6.07) is 61.9. The molecule has 17 rings (SSSR count). The minimum absolute atomic E-state index is 0.0139. The molecule has 0 aliphatic rings. The summed E-state index contributed by atoms with van der Waals surface area (Å²) in [5.74, 6) is -0.0825. The van der Waals surface area contributed by atoms with Gasteiger partial charge < -0.3 is 14.1 Å². The van der Waals surface area contributed by atoms with Crippen molar-refractivity contribution in [2.45, 2.75) is 0 Å². The zero-order valence-electron chi connectivity index (χ0n) is 60.5. The van der Waals surface area contributed by atoms with E-state index in [0.717, 1.165) is 17.2 Å². The fraction of sp³-hybridized carbons (Fsp3) is 0. The van der Waals surface area contributed by atoms with E-state index in [-0.39, 0.29) is 107 Å². The number of H-pyrrole nitrogens is 1. The molecular weight excluding hydrogens is 1150 g/mol. The Morgan fingerprint density at radius 2 is 0.645 bits per heavy atom. The van der Waals surface area contributed by atoms with Gasteiger partial charge in [0.05, 0.1) is 63.0 Å². The molecule has 0 amide bonds. The van der Waals surface area contributed by atoms with Crippen LogP contribution in [0.2, 0.25) is 0 Å². The fourth-order valence-corrected chi connectivity index (χ4v) is 11.2. The molecule has 0 spiro atoms. The van der Waals surface area contributed by atoms with E-state index in [0.29, 0.717) is 117 Å². The first-order valence-electron chi connectivity index (χ1n) is 34.9. The number of aromatic amines is 1. The number of hydrogen-bond donors (Lipinski definition) is 1. The number of para-hydroxylation sites is 6. The second-order valence-corrected chi connectivity index (χ2v) is 21.0. The molecule has 5 heterocycles. The van der Waals surface area contributed by atoms with Crippen molar-refractivity contribution in [2.75, 3.05) is 0 Å². The van der Waals surface area contributed by atoms with Crippen molar-refractivity contribution in [1.29, 1.82) is 0 Å². The molecule has 0 aliphatic heterocycles. The van der Waals surface area contributed by atoms with Gasteiger partial charge in [0, 0.05) is 76.7 Å². The molecule has 93 heavy (non-hydrogen) atoms. The molecule has 0 radical (unpaired) electrons. The van der Waals surface area contributed by atoms with Crippen molar-refractivity contribution in [3.05, 3.63) is 325 Å². The lowest BCUT2D eigenvalue weighted by Gasteiger charge is -2.19. The van der Waals surface area contributed by atoms with E-state index in [1.807, 2.05) is 121 Å². The van der Waals surface area contributed by atoms with Gasteiger partial charge in [-0.2, -0.15) is 0 Å². The number of benzene rings is 12. The maximum absolute atomic E-state index is 14.5. The maximum atomic E-state index is 14.5. The zero-order valence-corrected chi connectivity index (χ0v) is 48.5. The molecule has 11 nitrogen and oxygen atoms in total. The molecular formula is C80H49F2N11. The number of halogens is 2. The molecule has 0 fully saturated rings. The third-order valence-corrected chi connectivity index (χ3v) is 15.4. The molecule has 17 aromatic rings. The van der Waals surface area contributed by atoms with Crippen molar-refractivity contribution in [3.8, 4) is 79.7 Å². The highest BCUT2D eigenvalue weighted by Gasteiger charge is 2.25. The van der Waals surface area contributed by atoms with Crippen LogP contribution in [0.1, 0.15) is 16.4 Å². The highest BCUT2D eigenvalue weighted by atomic mass is 19.1. The highest BCUT2D eigenvalue weighted by molar-refractivity contribution is 6.12. The van der Waals surface area contributed by atoms with E-state index in [1.54, 1.807) is 57.7 Å². The Morgan fingerprint density at radius 1 is 0.323 bits per heavy atom. The van der Waals surface area contributed by atoms with Gasteiger partial charge in [0.15, 0.2) is 34.9 Å². The lowest BCUT2D eigenvalue weighted by Crippen LogP contribution is -2.05. The molecule has 12 aromatic carbocycles. The van der Waals surface area contributed by atoms with Crippen LogP contribution in [0.3, 0.4) is 0 Å². The van der Waals surface area contributed by atoms with Crippen LogP contribution in [0, 0.1) is 24.8 Å². The van der Waals surface area contributed by atoms with Crippen molar-refractivity contribution in [2.24, 2.45) is 0 Å². The number of hydrogen-bond acceptors (Lipinski definition) is 6. The van der Waals surface area contributed by atoms with Crippen LogP contribution in [-0.4, -0.2) is 44.0 Å². The summed E-state index contributed by atoms with van der Waals surface area (Å²) >= 11 is 0. The first-order valence-corrected chi connectivity index (χ1v) is 28.9. The van der Waals surface area contributed by atoms with Gasteiger partial charge in [0.2, 0.25) is 11.4 Å². The normalized spacial score (nSPS) is 12.9. The Balaban J connectivity index is 0.000000160. The first kappa shape index (κ1) is 44.4. The van der Waals surface area contributed by atoms with Gasteiger partial charge in [-0.05, 0) is 60.7 Å². The Bertz CT molecular complexity index is 6200. The van der Waals surface area contributed by atoms with Crippen molar-refractivity contribution in [3.63, 3.8) is 0 Å². The lowest BCUT2D eigenvalue weighted by atomic mass is 10.1. The standard InChI is InChI=1S/C46H28N6.C22H12F2N4.C12H9N/c1-47-37-28-36(46-49-44(30-16-4-2-5-17-30)48-45(50-46)31-18-6-3-7-19-31)42(51-38-24-12-8-20-32(38)33-21-9-13-25-39(33)51)29-43(37)52-40-26-14-10-22-34(40)35-23-11-15-27-41(35)52;1-25-19-12-16(17(23)13-18(19)24)22-27-20(14-8-4-2-5-9-14)26-21(28-22)15-10-6-3-7-11-15;1-3-7-11-9(5-1)10-6-2-4-8-12(10)13-11/h2-29H;2-13H;1-8,13H/i12D,13D,14D,15D,20D,21D,22D,23D;;3D,4D,5D,6D. The minimum atomic E-state index is -0.920. The van der Waals surface area contributed by atoms with E-state index in [2.05, 4.69) is 29.6 Å². The van der Waals surface area contributed by atoms with Crippen LogP contribution < -0.4 is 0 Å². The number of aromatic nitrogens is 9. The quantitative estimate of drug-likeness (QED) is 0.152. The molecule has 0 aliphatic carbocycles. The van der Waals surface area contributed by atoms with Crippen LogP contribution in [0.25, 0.3) is 155 Å². The lowest BCUT2D eigenvalue weighted by molar-refractivity contribution is 0.588. The number of nitrogens with zero attached hydrogens (tertiary/aromatic N) is 10. The number of nitrogens with one attached hydrogen (secondary N) is 1.